The predicted octanol–water partition coefficient (Wildman–Crippen LogP) is 3.89. The lowest BCUT2D eigenvalue weighted by Crippen LogP contribution is -2.07. The topological polar surface area (TPSA) is 29.9 Å². The third-order valence-electron chi connectivity index (χ3n) is 2.36. The third kappa shape index (κ3) is 3.46. The van der Waals surface area contributed by atoms with Crippen LogP contribution in [0.25, 0.3) is 0 Å². The van der Waals surface area contributed by atoms with E-state index in [9.17, 15) is 0 Å². The summed E-state index contributed by atoms with van der Waals surface area (Å²) in [7, 11) is 0. The monoisotopic (exact) mass is 341 g/mol. The van der Waals surface area contributed by atoms with Gasteiger partial charge < -0.3 is 9.88 Å². The summed E-state index contributed by atoms with van der Waals surface area (Å²) >= 11 is 2.31. The van der Waals surface area contributed by atoms with Crippen LogP contribution < -0.4 is 5.32 Å². The molecule has 0 amide bonds. The Morgan fingerprint density at radius 2 is 2.24 bits per heavy atom. The summed E-state index contributed by atoms with van der Waals surface area (Å²) < 4.78 is 3.36. The summed E-state index contributed by atoms with van der Waals surface area (Å²) in [5, 5.41) is 3.35. The van der Waals surface area contributed by atoms with Crippen LogP contribution in [0.3, 0.4) is 0 Å². The van der Waals surface area contributed by atoms with Crippen LogP contribution in [-0.2, 0) is 6.54 Å². The summed E-state index contributed by atoms with van der Waals surface area (Å²) in [6.07, 6.45) is 3.84. The second-order valence-corrected chi connectivity index (χ2v) is 5.68. The highest BCUT2D eigenvalue weighted by Gasteiger charge is 2.04. The van der Waals surface area contributed by atoms with E-state index in [0.29, 0.717) is 5.92 Å². The number of benzene rings is 1. The molecule has 0 aliphatic rings. The standard InChI is InChI=1S/C13H16IN3/c1-10(2)9-17-7-6-15-13(17)16-12-5-3-4-11(14)8-12/h3-8,10H,9H2,1-2H3,(H,15,16). The summed E-state index contributed by atoms with van der Waals surface area (Å²) in [5.41, 5.74) is 1.08. The number of nitrogens with one attached hydrogen (secondary N) is 1. The molecule has 1 aromatic carbocycles. The van der Waals surface area contributed by atoms with Crippen molar-refractivity contribution in [1.29, 1.82) is 0 Å². The smallest absolute Gasteiger partial charge is 0.207 e. The SMILES string of the molecule is CC(C)Cn1ccnc1Nc1cccc(I)c1. The molecule has 17 heavy (non-hydrogen) atoms. The first-order valence-electron chi connectivity index (χ1n) is 5.69. The first kappa shape index (κ1) is 12.4. The zero-order valence-corrected chi connectivity index (χ0v) is 12.2. The number of anilines is 2. The molecule has 0 aliphatic heterocycles. The fourth-order valence-electron chi connectivity index (χ4n) is 1.67. The normalized spacial score (nSPS) is 10.8. The third-order valence-corrected chi connectivity index (χ3v) is 3.03. The highest BCUT2D eigenvalue weighted by atomic mass is 127. The van der Waals surface area contributed by atoms with Crippen molar-refractivity contribution in [2.45, 2.75) is 20.4 Å². The molecule has 0 saturated carbocycles. The lowest BCUT2D eigenvalue weighted by molar-refractivity contribution is 0.527. The quantitative estimate of drug-likeness (QED) is 0.855. The van der Waals surface area contributed by atoms with Gasteiger partial charge in [0.2, 0.25) is 5.95 Å². The van der Waals surface area contributed by atoms with Gasteiger partial charge in [-0.05, 0) is 46.7 Å². The van der Waals surface area contributed by atoms with Crippen LogP contribution in [0.1, 0.15) is 13.8 Å². The minimum atomic E-state index is 0.612. The Bertz CT molecular complexity index is 491. The molecule has 3 nitrogen and oxygen atoms in total. The summed E-state index contributed by atoms with van der Waals surface area (Å²) in [4.78, 5) is 4.34. The number of hydrogen-bond donors (Lipinski definition) is 1. The summed E-state index contributed by atoms with van der Waals surface area (Å²) in [6, 6.07) is 8.28. The Labute approximate surface area is 115 Å². The number of nitrogens with zero attached hydrogens (tertiary/aromatic N) is 2. The lowest BCUT2D eigenvalue weighted by atomic mass is 10.2. The molecule has 2 rings (SSSR count). The van der Waals surface area contributed by atoms with Gasteiger partial charge in [-0.2, -0.15) is 0 Å². The van der Waals surface area contributed by atoms with E-state index in [-0.39, 0.29) is 0 Å². The molecule has 0 fully saturated rings. The Kier molecular flexibility index (Phi) is 4.04. The Morgan fingerprint density at radius 1 is 1.41 bits per heavy atom. The van der Waals surface area contributed by atoms with E-state index < -0.39 is 0 Å². The van der Waals surface area contributed by atoms with Gasteiger partial charge in [-0.1, -0.05) is 19.9 Å². The van der Waals surface area contributed by atoms with Crippen molar-refractivity contribution < 1.29 is 0 Å². The van der Waals surface area contributed by atoms with E-state index >= 15 is 0 Å². The molecule has 0 unspecified atom stereocenters. The molecule has 0 atom stereocenters. The van der Waals surface area contributed by atoms with Crippen LogP contribution in [0.5, 0.6) is 0 Å². The van der Waals surface area contributed by atoms with Crippen LogP contribution in [-0.4, -0.2) is 9.55 Å². The maximum atomic E-state index is 4.34. The van der Waals surface area contributed by atoms with Crippen molar-refractivity contribution in [3.8, 4) is 0 Å². The molecule has 4 heteroatoms. The minimum Gasteiger partial charge on any atom is -0.326 e. The second kappa shape index (κ2) is 5.53. The molecule has 0 saturated heterocycles. The van der Waals surface area contributed by atoms with Gasteiger partial charge >= 0.3 is 0 Å². The number of halogens is 1. The Balaban J connectivity index is 2.16. The van der Waals surface area contributed by atoms with E-state index in [4.69, 9.17) is 0 Å². The van der Waals surface area contributed by atoms with Crippen molar-refractivity contribution in [3.63, 3.8) is 0 Å². The zero-order chi connectivity index (χ0) is 12.3. The van der Waals surface area contributed by atoms with Crippen LogP contribution in [0.2, 0.25) is 0 Å². The van der Waals surface area contributed by atoms with E-state index in [1.807, 2.05) is 18.5 Å². The first-order chi connectivity index (χ1) is 8.15. The number of hydrogen-bond acceptors (Lipinski definition) is 2. The van der Waals surface area contributed by atoms with E-state index in [1.165, 1.54) is 3.57 Å². The van der Waals surface area contributed by atoms with Crippen molar-refractivity contribution >= 4 is 34.2 Å². The van der Waals surface area contributed by atoms with Crippen molar-refractivity contribution in [1.82, 2.24) is 9.55 Å². The van der Waals surface area contributed by atoms with Gasteiger partial charge in [0.15, 0.2) is 0 Å². The molecule has 0 bridgehead atoms. The maximum absolute atomic E-state index is 4.34. The van der Waals surface area contributed by atoms with Gasteiger partial charge in [0.25, 0.3) is 0 Å². The zero-order valence-electron chi connectivity index (χ0n) is 10.0. The highest BCUT2D eigenvalue weighted by molar-refractivity contribution is 14.1. The predicted molar refractivity (Wildman–Crippen MR) is 79.5 cm³/mol. The molecule has 0 aliphatic carbocycles. The Morgan fingerprint density at radius 3 is 2.94 bits per heavy atom. The minimum absolute atomic E-state index is 0.612. The van der Waals surface area contributed by atoms with Crippen LogP contribution in [0, 0.1) is 9.49 Å². The van der Waals surface area contributed by atoms with Crippen LogP contribution in [0.15, 0.2) is 36.7 Å². The fraction of sp³-hybridized carbons (Fsp3) is 0.308. The molecule has 0 radical (unpaired) electrons. The second-order valence-electron chi connectivity index (χ2n) is 4.43. The largest absolute Gasteiger partial charge is 0.326 e. The van der Waals surface area contributed by atoms with E-state index in [2.05, 4.69) is 69.5 Å². The van der Waals surface area contributed by atoms with E-state index in [1.54, 1.807) is 0 Å². The van der Waals surface area contributed by atoms with Gasteiger partial charge in [0, 0.05) is 28.2 Å². The average molecular weight is 341 g/mol. The van der Waals surface area contributed by atoms with Crippen molar-refractivity contribution in [3.05, 3.63) is 40.2 Å². The molecule has 1 N–H and O–H groups in total. The number of rotatable bonds is 4. The molecule has 1 aromatic heterocycles. The lowest BCUT2D eigenvalue weighted by Gasteiger charge is -2.11. The molecular weight excluding hydrogens is 325 g/mol. The summed E-state index contributed by atoms with van der Waals surface area (Å²) in [6.45, 7) is 5.39. The van der Waals surface area contributed by atoms with E-state index in [0.717, 1.165) is 18.2 Å². The van der Waals surface area contributed by atoms with Gasteiger partial charge in [-0.15, -0.1) is 0 Å². The molecule has 0 spiro atoms. The van der Waals surface area contributed by atoms with Gasteiger partial charge in [0.05, 0.1) is 0 Å². The maximum Gasteiger partial charge on any atom is 0.207 e. The molecule has 90 valence electrons. The fourth-order valence-corrected chi connectivity index (χ4v) is 2.21. The van der Waals surface area contributed by atoms with Gasteiger partial charge in [-0.25, -0.2) is 4.98 Å². The van der Waals surface area contributed by atoms with Gasteiger partial charge in [0.1, 0.15) is 0 Å². The Hall–Kier alpha value is -1.04. The van der Waals surface area contributed by atoms with Gasteiger partial charge in [-0.3, -0.25) is 0 Å². The first-order valence-corrected chi connectivity index (χ1v) is 6.77. The highest BCUT2D eigenvalue weighted by Crippen LogP contribution is 2.18. The van der Waals surface area contributed by atoms with Crippen LogP contribution >= 0.6 is 22.6 Å². The average Bonchev–Trinajstić information content (AvgIpc) is 2.65. The van der Waals surface area contributed by atoms with Crippen molar-refractivity contribution in [2.75, 3.05) is 5.32 Å². The van der Waals surface area contributed by atoms with Crippen molar-refractivity contribution in [2.24, 2.45) is 5.92 Å². The number of imidazole rings is 1. The molecular formula is C13H16IN3. The summed E-state index contributed by atoms with van der Waals surface area (Å²) in [5.74, 6) is 1.52. The number of aromatic nitrogens is 2. The van der Waals surface area contributed by atoms with Crippen LogP contribution in [0.4, 0.5) is 11.6 Å². The molecule has 2 aromatic rings. The molecule has 1 heterocycles.